The molecule has 0 radical (unpaired) electrons. The highest BCUT2D eigenvalue weighted by Crippen LogP contribution is 2.30. The van der Waals surface area contributed by atoms with E-state index in [9.17, 15) is 5.11 Å². The van der Waals surface area contributed by atoms with Crippen molar-refractivity contribution < 1.29 is 9.84 Å². The summed E-state index contributed by atoms with van der Waals surface area (Å²) in [5.74, 6) is 0.931. The standard InChI is InChI=1S/C16H25NO2/c1-4-19-14-7-5-13(6-8-14)11-17-10-9-15(18)16(2,3)12-17/h5-8,15,18H,4,9-12H2,1-3H3. The molecule has 1 aromatic rings. The molecule has 0 bridgehead atoms. The summed E-state index contributed by atoms with van der Waals surface area (Å²) in [7, 11) is 0. The highest BCUT2D eigenvalue weighted by molar-refractivity contribution is 5.27. The molecule has 1 atom stereocenters. The lowest BCUT2D eigenvalue weighted by molar-refractivity contribution is -0.0270. The largest absolute Gasteiger partial charge is 0.494 e. The molecule has 1 fully saturated rings. The van der Waals surface area contributed by atoms with E-state index in [0.717, 1.165) is 31.8 Å². The van der Waals surface area contributed by atoms with Gasteiger partial charge < -0.3 is 9.84 Å². The van der Waals surface area contributed by atoms with Gasteiger partial charge in [0.15, 0.2) is 0 Å². The van der Waals surface area contributed by atoms with Crippen LogP contribution in [-0.2, 0) is 6.54 Å². The molecule has 1 N–H and O–H groups in total. The summed E-state index contributed by atoms with van der Waals surface area (Å²) >= 11 is 0. The first-order valence-corrected chi connectivity index (χ1v) is 7.13. The molecule has 1 unspecified atom stereocenters. The third-order valence-electron chi connectivity index (χ3n) is 3.89. The van der Waals surface area contributed by atoms with E-state index in [0.29, 0.717) is 6.61 Å². The summed E-state index contributed by atoms with van der Waals surface area (Å²) in [4.78, 5) is 2.42. The summed E-state index contributed by atoms with van der Waals surface area (Å²) in [5.41, 5.74) is 1.29. The van der Waals surface area contributed by atoms with Crippen LogP contribution < -0.4 is 4.74 Å². The average molecular weight is 263 g/mol. The first-order chi connectivity index (χ1) is 9.01. The highest BCUT2D eigenvalue weighted by atomic mass is 16.5. The second kappa shape index (κ2) is 5.93. The van der Waals surface area contributed by atoms with Crippen LogP contribution in [-0.4, -0.2) is 35.8 Å². The van der Waals surface area contributed by atoms with Gasteiger partial charge in [-0.2, -0.15) is 0 Å². The molecule has 0 spiro atoms. The van der Waals surface area contributed by atoms with Gasteiger partial charge in [-0.3, -0.25) is 4.90 Å². The number of rotatable bonds is 4. The minimum atomic E-state index is -0.177. The van der Waals surface area contributed by atoms with Crippen molar-refractivity contribution in [2.75, 3.05) is 19.7 Å². The predicted octanol–water partition coefficient (Wildman–Crippen LogP) is 2.68. The summed E-state index contributed by atoms with van der Waals surface area (Å²) in [6.07, 6.45) is 0.688. The Morgan fingerprint density at radius 2 is 2.00 bits per heavy atom. The lowest BCUT2D eigenvalue weighted by atomic mass is 9.81. The maximum Gasteiger partial charge on any atom is 0.119 e. The van der Waals surface area contributed by atoms with Crippen molar-refractivity contribution >= 4 is 0 Å². The number of likely N-dealkylation sites (tertiary alicyclic amines) is 1. The number of aliphatic hydroxyl groups excluding tert-OH is 1. The second-order valence-corrected chi connectivity index (χ2v) is 6.08. The monoisotopic (exact) mass is 263 g/mol. The first kappa shape index (κ1) is 14.4. The van der Waals surface area contributed by atoms with Crippen LogP contribution in [0.5, 0.6) is 5.75 Å². The molecule has 1 saturated heterocycles. The third kappa shape index (κ3) is 3.71. The van der Waals surface area contributed by atoms with E-state index in [4.69, 9.17) is 4.74 Å². The SMILES string of the molecule is CCOc1ccc(CN2CCC(O)C(C)(C)C2)cc1. The lowest BCUT2D eigenvalue weighted by Gasteiger charge is -2.41. The molecule has 0 aromatic heterocycles. The number of nitrogens with zero attached hydrogens (tertiary/aromatic N) is 1. The molecular formula is C16H25NO2. The van der Waals surface area contributed by atoms with Crippen molar-refractivity contribution in [1.29, 1.82) is 0 Å². The van der Waals surface area contributed by atoms with Crippen molar-refractivity contribution in [3.8, 4) is 5.75 Å². The number of aliphatic hydroxyl groups is 1. The van der Waals surface area contributed by atoms with Gasteiger partial charge in [0.2, 0.25) is 0 Å². The average Bonchev–Trinajstić information content (AvgIpc) is 2.36. The molecule has 3 heteroatoms. The Labute approximate surface area is 116 Å². The van der Waals surface area contributed by atoms with Crippen molar-refractivity contribution in [1.82, 2.24) is 4.90 Å². The summed E-state index contributed by atoms with van der Waals surface area (Å²) < 4.78 is 5.45. The molecule has 106 valence electrons. The quantitative estimate of drug-likeness (QED) is 0.906. The Balaban J connectivity index is 1.94. The fourth-order valence-electron chi connectivity index (χ4n) is 2.71. The number of hydrogen-bond donors (Lipinski definition) is 1. The Morgan fingerprint density at radius 3 is 2.58 bits per heavy atom. The van der Waals surface area contributed by atoms with Crippen LogP contribution in [0, 0.1) is 5.41 Å². The van der Waals surface area contributed by atoms with Crippen LogP contribution in [0.25, 0.3) is 0 Å². The van der Waals surface area contributed by atoms with E-state index in [-0.39, 0.29) is 11.5 Å². The number of benzene rings is 1. The Bertz CT molecular complexity index is 400. The fourth-order valence-corrected chi connectivity index (χ4v) is 2.71. The molecule has 3 nitrogen and oxygen atoms in total. The zero-order valence-electron chi connectivity index (χ0n) is 12.2. The van der Waals surface area contributed by atoms with Crippen LogP contribution in [0.3, 0.4) is 0 Å². The molecule has 0 aliphatic carbocycles. The van der Waals surface area contributed by atoms with E-state index in [1.807, 2.05) is 19.1 Å². The molecule has 19 heavy (non-hydrogen) atoms. The van der Waals surface area contributed by atoms with Crippen LogP contribution in [0.2, 0.25) is 0 Å². The van der Waals surface area contributed by atoms with Crippen molar-refractivity contribution in [2.24, 2.45) is 5.41 Å². The Kier molecular flexibility index (Phi) is 4.48. The maximum atomic E-state index is 9.97. The van der Waals surface area contributed by atoms with Gasteiger partial charge in [-0.25, -0.2) is 0 Å². The van der Waals surface area contributed by atoms with Crippen molar-refractivity contribution in [3.63, 3.8) is 0 Å². The molecule has 1 aliphatic heterocycles. The van der Waals surface area contributed by atoms with E-state index in [1.54, 1.807) is 0 Å². The van der Waals surface area contributed by atoms with E-state index in [1.165, 1.54) is 5.56 Å². The lowest BCUT2D eigenvalue weighted by Crippen LogP contribution is -2.48. The van der Waals surface area contributed by atoms with E-state index in [2.05, 4.69) is 30.9 Å². The topological polar surface area (TPSA) is 32.7 Å². The van der Waals surface area contributed by atoms with Gasteiger partial charge in [0.25, 0.3) is 0 Å². The Hall–Kier alpha value is -1.06. The fraction of sp³-hybridized carbons (Fsp3) is 0.625. The zero-order valence-corrected chi connectivity index (χ0v) is 12.2. The van der Waals surface area contributed by atoms with Gasteiger partial charge in [0.05, 0.1) is 12.7 Å². The van der Waals surface area contributed by atoms with Gasteiger partial charge in [-0.15, -0.1) is 0 Å². The number of piperidine rings is 1. The first-order valence-electron chi connectivity index (χ1n) is 7.13. The van der Waals surface area contributed by atoms with Crippen LogP contribution in [0.1, 0.15) is 32.8 Å². The summed E-state index contributed by atoms with van der Waals surface area (Å²) in [6.45, 7) is 9.85. The third-order valence-corrected chi connectivity index (χ3v) is 3.89. The van der Waals surface area contributed by atoms with Crippen molar-refractivity contribution in [3.05, 3.63) is 29.8 Å². The van der Waals surface area contributed by atoms with Crippen LogP contribution >= 0.6 is 0 Å². The maximum absolute atomic E-state index is 9.97. The molecule has 0 amide bonds. The predicted molar refractivity (Wildman–Crippen MR) is 77.3 cm³/mol. The molecular weight excluding hydrogens is 238 g/mol. The van der Waals surface area contributed by atoms with Gasteiger partial charge >= 0.3 is 0 Å². The number of ether oxygens (including phenoxy) is 1. The Morgan fingerprint density at radius 1 is 1.32 bits per heavy atom. The summed E-state index contributed by atoms with van der Waals surface area (Å²) in [5, 5.41) is 9.97. The minimum absolute atomic E-state index is 0.0104. The number of hydrogen-bond acceptors (Lipinski definition) is 3. The van der Waals surface area contributed by atoms with Crippen molar-refractivity contribution in [2.45, 2.75) is 39.8 Å². The van der Waals surface area contributed by atoms with Gasteiger partial charge in [-0.05, 0) is 31.0 Å². The molecule has 2 rings (SSSR count). The molecule has 1 aliphatic rings. The smallest absolute Gasteiger partial charge is 0.119 e. The van der Waals surface area contributed by atoms with Gasteiger partial charge in [0, 0.05) is 25.0 Å². The minimum Gasteiger partial charge on any atom is -0.494 e. The zero-order chi connectivity index (χ0) is 13.9. The normalized spacial score (nSPS) is 23.3. The molecule has 1 aromatic carbocycles. The molecule has 1 heterocycles. The molecule has 0 saturated carbocycles. The van der Waals surface area contributed by atoms with Gasteiger partial charge in [-0.1, -0.05) is 26.0 Å². The van der Waals surface area contributed by atoms with Crippen LogP contribution in [0.15, 0.2) is 24.3 Å². The van der Waals surface area contributed by atoms with E-state index >= 15 is 0 Å². The van der Waals surface area contributed by atoms with E-state index < -0.39 is 0 Å². The van der Waals surface area contributed by atoms with Gasteiger partial charge in [0.1, 0.15) is 5.75 Å². The van der Waals surface area contributed by atoms with Crippen LogP contribution in [0.4, 0.5) is 0 Å². The summed E-state index contributed by atoms with van der Waals surface area (Å²) in [6, 6.07) is 8.32. The second-order valence-electron chi connectivity index (χ2n) is 6.08. The highest BCUT2D eigenvalue weighted by Gasteiger charge is 2.34.